The molecule has 10 nitrogen and oxygen atoms in total. The zero-order valence-corrected chi connectivity index (χ0v) is 23.4. The normalized spacial score (nSPS) is 18.6. The van der Waals surface area contributed by atoms with Crippen LogP contribution in [-0.2, 0) is 24.7 Å². The first kappa shape index (κ1) is 25.5. The Labute approximate surface area is 237 Å². The Hall–Kier alpha value is -4.47. The maximum Gasteiger partial charge on any atom is 0.256 e. The third-order valence-electron chi connectivity index (χ3n) is 9.07. The number of aromatic nitrogens is 5. The first-order valence-corrected chi connectivity index (χ1v) is 14.3. The molecule has 3 aliphatic rings. The lowest BCUT2D eigenvalue weighted by Crippen LogP contribution is -2.45. The van der Waals surface area contributed by atoms with Gasteiger partial charge < -0.3 is 14.9 Å². The molecule has 1 atom stereocenters. The fourth-order valence-corrected chi connectivity index (χ4v) is 6.67. The quantitative estimate of drug-likeness (QED) is 0.387. The average Bonchev–Trinajstić information content (AvgIpc) is 3.37. The Morgan fingerprint density at radius 3 is 2.68 bits per heavy atom. The van der Waals surface area contributed by atoms with Crippen LogP contribution in [0.2, 0.25) is 0 Å². The minimum atomic E-state index is -0.387. The first-order valence-electron chi connectivity index (χ1n) is 14.3. The molecule has 1 fully saturated rings. The van der Waals surface area contributed by atoms with Crippen molar-refractivity contribution in [1.29, 1.82) is 0 Å². The molecule has 3 aromatic heterocycles. The molecular weight excluding hydrogens is 518 g/mol. The van der Waals surface area contributed by atoms with Crippen LogP contribution in [0.4, 0.5) is 0 Å². The van der Waals surface area contributed by atoms with Crippen molar-refractivity contribution in [3.8, 4) is 11.4 Å². The predicted molar refractivity (Wildman–Crippen MR) is 153 cm³/mol. The van der Waals surface area contributed by atoms with Gasteiger partial charge >= 0.3 is 0 Å². The van der Waals surface area contributed by atoms with E-state index >= 15 is 0 Å². The number of aryl methyl sites for hydroxylation is 2. The van der Waals surface area contributed by atoms with Crippen LogP contribution in [0.15, 0.2) is 43.1 Å². The molecule has 1 aromatic carbocycles. The van der Waals surface area contributed by atoms with Crippen molar-refractivity contribution in [2.45, 2.75) is 51.0 Å². The highest BCUT2D eigenvalue weighted by Crippen LogP contribution is 2.41. The summed E-state index contributed by atoms with van der Waals surface area (Å²) in [5, 5.41) is 20.5. The molecule has 210 valence electrons. The standard InChI is InChI=1S/C31H33N7O3/c1-4-28(40)36-12-10-22-29-24(38(34-22)23-9-8-20(15-27(23)39)19-6-5-7-19)11-13-37(26(29)17-36)31(41)21-14-25-30(32-16-21)18(2)33-35(25)3/h4,8-9,14-16,19,26,39H,1,5-7,10-13,17H2,2-3H3/t26-/m0/s1. The Bertz CT molecular complexity index is 1730. The van der Waals surface area contributed by atoms with E-state index in [2.05, 4.69) is 22.7 Å². The van der Waals surface area contributed by atoms with Gasteiger partial charge in [0.05, 0.1) is 34.2 Å². The lowest BCUT2D eigenvalue weighted by molar-refractivity contribution is -0.126. The molecule has 1 aliphatic carbocycles. The predicted octanol–water partition coefficient (Wildman–Crippen LogP) is 3.75. The molecule has 0 unspecified atom stereocenters. The Balaban J connectivity index is 1.29. The van der Waals surface area contributed by atoms with Crippen LogP contribution in [-0.4, -0.2) is 70.9 Å². The number of carbonyl (C=O) groups excluding carboxylic acids is 2. The lowest BCUT2D eigenvalue weighted by Gasteiger charge is -2.37. The third-order valence-corrected chi connectivity index (χ3v) is 9.07. The number of phenols is 1. The maximum atomic E-state index is 14.1. The summed E-state index contributed by atoms with van der Waals surface area (Å²) in [7, 11) is 1.84. The van der Waals surface area contributed by atoms with Crippen molar-refractivity contribution in [3.63, 3.8) is 0 Å². The molecule has 0 saturated heterocycles. The number of amides is 2. The van der Waals surface area contributed by atoms with Gasteiger partial charge in [-0.2, -0.15) is 10.2 Å². The highest BCUT2D eigenvalue weighted by atomic mass is 16.3. The fraction of sp³-hybridized carbons (Fsp3) is 0.387. The Kier molecular flexibility index (Phi) is 5.95. The first-order chi connectivity index (χ1) is 19.8. The fourth-order valence-electron chi connectivity index (χ4n) is 6.67. The summed E-state index contributed by atoms with van der Waals surface area (Å²) < 4.78 is 3.60. The van der Waals surface area contributed by atoms with E-state index in [9.17, 15) is 14.7 Å². The smallest absolute Gasteiger partial charge is 0.256 e. The number of hydrogen-bond acceptors (Lipinski definition) is 6. The van der Waals surface area contributed by atoms with Crippen molar-refractivity contribution in [2.75, 3.05) is 19.6 Å². The van der Waals surface area contributed by atoms with Crippen LogP contribution in [0, 0.1) is 6.92 Å². The molecule has 5 heterocycles. The van der Waals surface area contributed by atoms with Gasteiger partial charge in [-0.3, -0.25) is 19.3 Å². The van der Waals surface area contributed by atoms with Crippen molar-refractivity contribution < 1.29 is 14.7 Å². The van der Waals surface area contributed by atoms with E-state index in [0.717, 1.165) is 46.5 Å². The van der Waals surface area contributed by atoms with Gasteiger partial charge in [-0.05, 0) is 55.5 Å². The van der Waals surface area contributed by atoms with Gasteiger partial charge in [-0.1, -0.05) is 19.1 Å². The van der Waals surface area contributed by atoms with Crippen molar-refractivity contribution in [2.24, 2.45) is 7.05 Å². The molecule has 2 amide bonds. The van der Waals surface area contributed by atoms with Crippen molar-refractivity contribution in [1.82, 2.24) is 34.3 Å². The van der Waals surface area contributed by atoms with E-state index in [1.165, 1.54) is 18.1 Å². The molecule has 10 heteroatoms. The van der Waals surface area contributed by atoms with E-state index in [1.54, 1.807) is 15.8 Å². The van der Waals surface area contributed by atoms with Gasteiger partial charge in [-0.25, -0.2) is 4.68 Å². The second-order valence-electron chi connectivity index (χ2n) is 11.4. The molecule has 4 aromatic rings. The SMILES string of the molecule is C=CC(=O)N1CCc2nn(-c3ccc(C4CCC4)cc3O)c3c2[C@H](C1)N(C(=O)c1cnc2c(C)nn(C)c2c1)CC3. The van der Waals surface area contributed by atoms with Crippen LogP contribution in [0.3, 0.4) is 0 Å². The number of benzene rings is 1. The molecule has 1 saturated carbocycles. The second-order valence-corrected chi connectivity index (χ2v) is 11.4. The lowest BCUT2D eigenvalue weighted by atomic mass is 9.80. The van der Waals surface area contributed by atoms with Crippen LogP contribution >= 0.6 is 0 Å². The summed E-state index contributed by atoms with van der Waals surface area (Å²) in [6.45, 7) is 6.85. The molecular formula is C31H33N7O3. The summed E-state index contributed by atoms with van der Waals surface area (Å²) in [6, 6.07) is 7.39. The molecule has 41 heavy (non-hydrogen) atoms. The van der Waals surface area contributed by atoms with Gasteiger partial charge in [0.15, 0.2) is 0 Å². The van der Waals surface area contributed by atoms with Crippen LogP contribution < -0.4 is 0 Å². The number of rotatable bonds is 4. The summed E-state index contributed by atoms with van der Waals surface area (Å²) in [5.74, 6) is 0.421. The topological polar surface area (TPSA) is 109 Å². The molecule has 0 spiro atoms. The van der Waals surface area contributed by atoms with Gasteiger partial charge in [0.1, 0.15) is 17.0 Å². The second kappa shape index (κ2) is 9.57. The molecule has 1 N–H and O–H groups in total. The van der Waals surface area contributed by atoms with E-state index in [1.807, 2.05) is 41.8 Å². The van der Waals surface area contributed by atoms with Crippen molar-refractivity contribution in [3.05, 3.63) is 76.9 Å². The number of hydrogen-bond donors (Lipinski definition) is 1. The summed E-state index contributed by atoms with van der Waals surface area (Å²) >= 11 is 0. The summed E-state index contributed by atoms with van der Waals surface area (Å²) in [5.41, 5.74) is 7.47. The van der Waals surface area contributed by atoms with Crippen LogP contribution in [0.5, 0.6) is 5.75 Å². The Morgan fingerprint density at radius 1 is 1.12 bits per heavy atom. The van der Waals surface area contributed by atoms with E-state index in [0.29, 0.717) is 49.6 Å². The number of aromatic hydroxyl groups is 1. The third kappa shape index (κ3) is 4.03. The monoisotopic (exact) mass is 551 g/mol. The van der Waals surface area contributed by atoms with Gasteiger partial charge in [0.25, 0.3) is 5.91 Å². The zero-order chi connectivity index (χ0) is 28.4. The number of carbonyl (C=O) groups is 2. The highest BCUT2D eigenvalue weighted by Gasteiger charge is 2.40. The summed E-state index contributed by atoms with van der Waals surface area (Å²) in [4.78, 5) is 35.0. The zero-order valence-electron chi connectivity index (χ0n) is 23.4. The van der Waals surface area contributed by atoms with Gasteiger partial charge in [0.2, 0.25) is 5.91 Å². The molecule has 7 rings (SSSR count). The van der Waals surface area contributed by atoms with Crippen LogP contribution in [0.1, 0.15) is 69.8 Å². The minimum absolute atomic E-state index is 0.145. The van der Waals surface area contributed by atoms with Crippen LogP contribution in [0.25, 0.3) is 16.7 Å². The minimum Gasteiger partial charge on any atom is -0.506 e. The number of pyridine rings is 1. The highest BCUT2D eigenvalue weighted by molar-refractivity contribution is 5.97. The van der Waals surface area contributed by atoms with E-state index in [-0.39, 0.29) is 23.6 Å². The average molecular weight is 552 g/mol. The van der Waals surface area contributed by atoms with E-state index < -0.39 is 0 Å². The van der Waals surface area contributed by atoms with E-state index in [4.69, 9.17) is 5.10 Å². The number of fused-ring (bicyclic) bond motifs is 1. The molecule has 0 bridgehead atoms. The Morgan fingerprint density at radius 2 is 1.95 bits per heavy atom. The number of phenolic OH excluding ortho intramolecular Hbond substituents is 1. The number of nitrogens with zero attached hydrogens (tertiary/aromatic N) is 7. The van der Waals surface area contributed by atoms with Gasteiger partial charge in [0, 0.05) is 51.3 Å². The largest absolute Gasteiger partial charge is 0.506 e. The molecule has 2 aliphatic heterocycles. The maximum absolute atomic E-state index is 14.1. The molecule has 0 radical (unpaired) electrons. The summed E-state index contributed by atoms with van der Waals surface area (Å²) in [6.07, 6.45) is 7.62. The van der Waals surface area contributed by atoms with Crippen molar-refractivity contribution >= 4 is 22.8 Å². The van der Waals surface area contributed by atoms with Gasteiger partial charge in [-0.15, -0.1) is 0 Å².